The molecule has 2 aromatic rings. The van der Waals surface area contributed by atoms with Crippen molar-refractivity contribution >= 4 is 22.9 Å². The molecule has 0 saturated carbocycles. The highest BCUT2D eigenvalue weighted by atomic mass is 16.3. The van der Waals surface area contributed by atoms with Gasteiger partial charge in [0.2, 0.25) is 5.91 Å². The number of amides is 1. The van der Waals surface area contributed by atoms with E-state index in [-0.39, 0.29) is 11.7 Å². The lowest BCUT2D eigenvalue weighted by Gasteiger charge is -2.05. The molecule has 0 aliphatic carbocycles. The van der Waals surface area contributed by atoms with E-state index in [1.165, 1.54) is 38.3 Å². The molecule has 0 bridgehead atoms. The van der Waals surface area contributed by atoms with Crippen LogP contribution in [0.2, 0.25) is 0 Å². The van der Waals surface area contributed by atoms with Crippen LogP contribution in [0.4, 0.5) is 0 Å². The predicted molar refractivity (Wildman–Crippen MR) is 104 cm³/mol. The Morgan fingerprint density at radius 1 is 1.04 bits per heavy atom. The molecule has 1 amide bonds. The Bertz CT molecular complexity index is 710. The number of benzene rings is 2. The molecule has 0 aliphatic rings. The van der Waals surface area contributed by atoms with Gasteiger partial charge >= 0.3 is 0 Å². The zero-order valence-corrected chi connectivity index (χ0v) is 15.0. The van der Waals surface area contributed by atoms with Gasteiger partial charge in [0.15, 0.2) is 0 Å². The number of hydrogen-bond acceptors (Lipinski definition) is 3. The minimum Gasteiger partial charge on any atom is -0.507 e. The predicted octanol–water partition coefficient (Wildman–Crippen LogP) is 5.14. The Morgan fingerprint density at radius 3 is 2.56 bits per heavy atom. The molecular formula is C21H28N2O2. The van der Waals surface area contributed by atoms with E-state index in [1.54, 1.807) is 6.07 Å². The maximum absolute atomic E-state index is 11.8. The number of carbonyl (C=O) groups excluding carboxylic acids is 1. The molecule has 0 fully saturated rings. The summed E-state index contributed by atoms with van der Waals surface area (Å²) in [6, 6.07) is 11.3. The van der Waals surface area contributed by atoms with Crippen LogP contribution >= 0.6 is 0 Å². The van der Waals surface area contributed by atoms with Crippen LogP contribution in [0.3, 0.4) is 0 Å². The SMILES string of the molecule is CCCCCCCCCC(=O)N/N=C/c1c(O)ccc2ccccc12. The monoisotopic (exact) mass is 340 g/mol. The van der Waals surface area contributed by atoms with Gasteiger partial charge in [-0.1, -0.05) is 75.8 Å². The minimum absolute atomic E-state index is 0.0791. The van der Waals surface area contributed by atoms with E-state index in [4.69, 9.17) is 0 Å². The second kappa shape index (κ2) is 10.5. The number of aromatic hydroxyl groups is 1. The van der Waals surface area contributed by atoms with E-state index < -0.39 is 0 Å². The van der Waals surface area contributed by atoms with Gasteiger partial charge in [-0.25, -0.2) is 5.43 Å². The van der Waals surface area contributed by atoms with Crippen LogP contribution in [-0.4, -0.2) is 17.2 Å². The number of nitrogens with one attached hydrogen (secondary N) is 1. The van der Waals surface area contributed by atoms with Gasteiger partial charge < -0.3 is 5.11 Å². The van der Waals surface area contributed by atoms with E-state index in [0.717, 1.165) is 23.6 Å². The summed E-state index contributed by atoms with van der Waals surface area (Å²) in [6.07, 6.45) is 10.3. The maximum atomic E-state index is 11.8. The summed E-state index contributed by atoms with van der Waals surface area (Å²) < 4.78 is 0. The molecule has 2 rings (SSSR count). The van der Waals surface area contributed by atoms with Crippen molar-refractivity contribution in [3.05, 3.63) is 42.0 Å². The average Bonchev–Trinajstić information content (AvgIpc) is 2.63. The Labute approximate surface area is 149 Å². The number of rotatable bonds is 10. The lowest BCUT2D eigenvalue weighted by atomic mass is 10.0. The smallest absolute Gasteiger partial charge is 0.240 e. The first-order valence-corrected chi connectivity index (χ1v) is 9.25. The van der Waals surface area contributed by atoms with Gasteiger partial charge in [0, 0.05) is 12.0 Å². The Morgan fingerprint density at radius 2 is 1.76 bits per heavy atom. The molecule has 0 radical (unpaired) electrons. The largest absolute Gasteiger partial charge is 0.507 e. The van der Waals surface area contributed by atoms with Crippen LogP contribution < -0.4 is 5.43 Å². The lowest BCUT2D eigenvalue weighted by Crippen LogP contribution is -2.16. The van der Waals surface area contributed by atoms with E-state index in [2.05, 4.69) is 17.5 Å². The van der Waals surface area contributed by atoms with Gasteiger partial charge in [0.25, 0.3) is 0 Å². The molecule has 0 heterocycles. The van der Waals surface area contributed by atoms with Crippen LogP contribution in [-0.2, 0) is 4.79 Å². The molecule has 134 valence electrons. The van der Waals surface area contributed by atoms with E-state index in [1.807, 2.05) is 30.3 Å². The van der Waals surface area contributed by atoms with Crippen LogP contribution in [0.5, 0.6) is 5.75 Å². The molecule has 0 aliphatic heterocycles. The van der Waals surface area contributed by atoms with Gasteiger partial charge in [0.05, 0.1) is 6.21 Å². The average molecular weight is 340 g/mol. The summed E-state index contributed by atoms with van der Waals surface area (Å²) in [6.45, 7) is 2.21. The Kier molecular flexibility index (Phi) is 7.96. The number of phenols is 1. The third-order valence-electron chi connectivity index (χ3n) is 4.34. The number of carbonyl (C=O) groups is 1. The fourth-order valence-electron chi connectivity index (χ4n) is 2.89. The van der Waals surface area contributed by atoms with Gasteiger partial charge in [-0.05, 0) is 23.3 Å². The quantitative estimate of drug-likeness (QED) is 0.357. The zero-order chi connectivity index (χ0) is 17.9. The molecule has 0 atom stereocenters. The Hall–Kier alpha value is -2.36. The molecule has 0 spiro atoms. The van der Waals surface area contributed by atoms with Crippen LogP contribution in [0.1, 0.15) is 63.9 Å². The van der Waals surface area contributed by atoms with Crippen molar-refractivity contribution in [2.45, 2.75) is 58.3 Å². The third-order valence-corrected chi connectivity index (χ3v) is 4.34. The highest BCUT2D eigenvalue weighted by Crippen LogP contribution is 2.25. The van der Waals surface area contributed by atoms with Crippen molar-refractivity contribution in [2.24, 2.45) is 5.10 Å². The lowest BCUT2D eigenvalue weighted by molar-refractivity contribution is -0.121. The van der Waals surface area contributed by atoms with Crippen molar-refractivity contribution in [3.63, 3.8) is 0 Å². The summed E-state index contributed by atoms with van der Waals surface area (Å²) in [5.74, 6) is 0.0771. The third kappa shape index (κ3) is 6.22. The van der Waals surface area contributed by atoms with E-state index in [0.29, 0.717) is 12.0 Å². The topological polar surface area (TPSA) is 61.7 Å². The fraction of sp³-hybridized carbons (Fsp3) is 0.429. The molecule has 0 saturated heterocycles. The number of nitrogens with zero attached hydrogens (tertiary/aromatic N) is 1. The number of fused-ring (bicyclic) bond motifs is 1. The number of hydrogen-bond donors (Lipinski definition) is 2. The normalized spacial score (nSPS) is 11.2. The first-order valence-electron chi connectivity index (χ1n) is 9.25. The first-order chi connectivity index (χ1) is 12.2. The summed E-state index contributed by atoms with van der Waals surface area (Å²) in [7, 11) is 0. The molecule has 4 heteroatoms. The van der Waals surface area contributed by atoms with E-state index in [9.17, 15) is 9.90 Å². The summed E-state index contributed by atoms with van der Waals surface area (Å²) in [4.78, 5) is 11.8. The van der Waals surface area contributed by atoms with Gasteiger partial charge in [-0.2, -0.15) is 5.10 Å². The first kappa shape index (κ1) is 19.0. The molecule has 4 nitrogen and oxygen atoms in total. The fourth-order valence-corrected chi connectivity index (χ4v) is 2.89. The van der Waals surface area contributed by atoms with E-state index >= 15 is 0 Å². The van der Waals surface area contributed by atoms with Crippen molar-refractivity contribution < 1.29 is 9.90 Å². The standard InChI is InChI=1S/C21H28N2O2/c1-2-3-4-5-6-7-8-13-21(25)23-22-16-19-18-12-10-9-11-17(18)14-15-20(19)24/h9-12,14-16,24H,2-8,13H2,1H3,(H,23,25)/b22-16+. The molecule has 25 heavy (non-hydrogen) atoms. The molecular weight excluding hydrogens is 312 g/mol. The van der Waals surface area contributed by atoms with Gasteiger partial charge in [-0.15, -0.1) is 0 Å². The Balaban J connectivity index is 1.77. The summed E-state index contributed by atoms with van der Waals surface area (Å²) in [5.41, 5.74) is 3.17. The highest BCUT2D eigenvalue weighted by Gasteiger charge is 2.05. The van der Waals surface area contributed by atoms with Crippen LogP contribution in [0.25, 0.3) is 10.8 Å². The zero-order valence-electron chi connectivity index (χ0n) is 15.0. The van der Waals surface area contributed by atoms with Crippen LogP contribution in [0.15, 0.2) is 41.5 Å². The van der Waals surface area contributed by atoms with Crippen molar-refractivity contribution in [3.8, 4) is 5.75 Å². The number of unbranched alkanes of at least 4 members (excludes halogenated alkanes) is 6. The van der Waals surface area contributed by atoms with Crippen molar-refractivity contribution in [1.29, 1.82) is 0 Å². The number of phenolic OH excluding ortho intramolecular Hbond substituents is 1. The number of hydrazone groups is 1. The second-order valence-corrected chi connectivity index (χ2v) is 6.38. The summed E-state index contributed by atoms with van der Waals surface area (Å²) in [5, 5.41) is 16.0. The summed E-state index contributed by atoms with van der Waals surface area (Å²) >= 11 is 0. The van der Waals surface area contributed by atoms with Gasteiger partial charge in [-0.3, -0.25) is 4.79 Å². The molecule has 0 unspecified atom stereocenters. The van der Waals surface area contributed by atoms with Gasteiger partial charge in [0.1, 0.15) is 5.75 Å². The maximum Gasteiger partial charge on any atom is 0.240 e. The van der Waals surface area contributed by atoms with Crippen molar-refractivity contribution in [1.82, 2.24) is 5.43 Å². The highest BCUT2D eigenvalue weighted by molar-refractivity contribution is 6.02. The molecule has 2 aromatic carbocycles. The molecule has 0 aromatic heterocycles. The molecule has 2 N–H and O–H groups in total. The van der Waals surface area contributed by atoms with Crippen molar-refractivity contribution in [2.75, 3.05) is 0 Å². The minimum atomic E-state index is -0.0791. The second-order valence-electron chi connectivity index (χ2n) is 6.38. The van der Waals surface area contributed by atoms with Crippen LogP contribution in [0, 0.1) is 0 Å².